The van der Waals surface area contributed by atoms with E-state index in [1.807, 2.05) is 33.8 Å². The highest BCUT2D eigenvalue weighted by Gasteiger charge is 2.09. The molecule has 2 heterocycles. The van der Waals surface area contributed by atoms with Crippen molar-refractivity contribution in [2.45, 2.75) is 39.2 Å². The highest BCUT2D eigenvalue weighted by molar-refractivity contribution is 7.07. The van der Waals surface area contributed by atoms with Crippen LogP contribution in [-0.2, 0) is 17.6 Å². The van der Waals surface area contributed by atoms with Crippen LogP contribution in [0.5, 0.6) is 0 Å². The minimum atomic E-state index is 0.225. The number of ketones is 1. The van der Waals surface area contributed by atoms with E-state index in [1.54, 1.807) is 11.3 Å². The smallest absolute Gasteiger partial charge is 0.143 e. The zero-order valence-electron chi connectivity index (χ0n) is 10.8. The summed E-state index contributed by atoms with van der Waals surface area (Å²) in [7, 11) is 0. The first-order valence-corrected chi connectivity index (χ1v) is 7.20. The number of Topliss-reactive ketones (excluding diaryl/α,β-unsaturated/α-hetero) is 1. The summed E-state index contributed by atoms with van der Waals surface area (Å²) in [4.78, 5) is 11.9. The third-order valence-electron chi connectivity index (χ3n) is 3.07. The van der Waals surface area contributed by atoms with Crippen molar-refractivity contribution in [2.75, 3.05) is 0 Å². The fourth-order valence-corrected chi connectivity index (χ4v) is 2.46. The number of nitrogens with zero attached hydrogens (tertiary/aromatic N) is 2. The maximum absolute atomic E-state index is 11.9. The molecule has 0 aromatic carbocycles. The van der Waals surface area contributed by atoms with Crippen LogP contribution in [0.4, 0.5) is 0 Å². The summed E-state index contributed by atoms with van der Waals surface area (Å²) in [6, 6.07) is 4.34. The zero-order chi connectivity index (χ0) is 13.0. The molecule has 3 nitrogen and oxygen atoms in total. The van der Waals surface area contributed by atoms with Gasteiger partial charge in [-0.15, -0.1) is 0 Å². The number of carbonyl (C=O) groups excluding carboxylic acids is 1. The summed E-state index contributed by atoms with van der Waals surface area (Å²) in [5.41, 5.74) is 1.97. The van der Waals surface area contributed by atoms with Gasteiger partial charge >= 0.3 is 0 Å². The van der Waals surface area contributed by atoms with Crippen LogP contribution in [0.3, 0.4) is 0 Å². The van der Waals surface area contributed by atoms with Crippen LogP contribution < -0.4 is 0 Å². The van der Waals surface area contributed by atoms with Crippen LogP contribution in [0, 0.1) is 0 Å². The van der Waals surface area contributed by atoms with Gasteiger partial charge in [0, 0.05) is 18.7 Å². The Kier molecular flexibility index (Phi) is 4.31. The zero-order valence-corrected chi connectivity index (χ0v) is 11.6. The number of hydrogen-bond donors (Lipinski definition) is 0. The molecule has 1 atom stereocenters. The Morgan fingerprint density at radius 3 is 2.94 bits per heavy atom. The Morgan fingerprint density at radius 2 is 2.28 bits per heavy atom. The maximum atomic E-state index is 11.9. The van der Waals surface area contributed by atoms with Crippen molar-refractivity contribution in [1.29, 1.82) is 0 Å². The van der Waals surface area contributed by atoms with Crippen LogP contribution in [-0.4, -0.2) is 15.6 Å². The minimum absolute atomic E-state index is 0.225. The van der Waals surface area contributed by atoms with Gasteiger partial charge in [-0.1, -0.05) is 6.92 Å². The molecule has 0 N–H and O–H groups in total. The van der Waals surface area contributed by atoms with Crippen molar-refractivity contribution >= 4 is 17.1 Å². The Morgan fingerprint density at radius 1 is 1.44 bits per heavy atom. The third-order valence-corrected chi connectivity index (χ3v) is 3.80. The van der Waals surface area contributed by atoms with Gasteiger partial charge in [-0.3, -0.25) is 9.48 Å². The van der Waals surface area contributed by atoms with E-state index in [9.17, 15) is 4.79 Å². The van der Waals surface area contributed by atoms with Crippen molar-refractivity contribution in [3.63, 3.8) is 0 Å². The van der Waals surface area contributed by atoms with E-state index in [4.69, 9.17) is 0 Å². The highest BCUT2D eigenvalue weighted by atomic mass is 32.1. The van der Waals surface area contributed by atoms with Gasteiger partial charge in [-0.25, -0.2) is 0 Å². The molecule has 0 spiro atoms. The van der Waals surface area contributed by atoms with Gasteiger partial charge in [0.15, 0.2) is 0 Å². The van der Waals surface area contributed by atoms with Gasteiger partial charge in [0.1, 0.15) is 5.78 Å². The lowest BCUT2D eigenvalue weighted by molar-refractivity contribution is -0.117. The average Bonchev–Trinajstić information content (AvgIpc) is 2.99. The number of carbonyl (C=O) groups is 1. The fourth-order valence-electron chi connectivity index (χ4n) is 1.79. The lowest BCUT2D eigenvalue weighted by Crippen LogP contribution is -2.09. The van der Waals surface area contributed by atoms with E-state index < -0.39 is 0 Å². The number of hydrogen-bond acceptors (Lipinski definition) is 3. The van der Waals surface area contributed by atoms with Crippen molar-refractivity contribution in [1.82, 2.24) is 9.78 Å². The first-order valence-electron chi connectivity index (χ1n) is 6.26. The fraction of sp³-hybridized carbons (Fsp3) is 0.429. The van der Waals surface area contributed by atoms with E-state index in [2.05, 4.69) is 18.9 Å². The van der Waals surface area contributed by atoms with Gasteiger partial charge in [0.2, 0.25) is 0 Å². The van der Waals surface area contributed by atoms with E-state index in [0.29, 0.717) is 18.9 Å². The second-order valence-corrected chi connectivity index (χ2v) is 5.35. The third kappa shape index (κ3) is 3.29. The quantitative estimate of drug-likeness (QED) is 0.801. The summed E-state index contributed by atoms with van der Waals surface area (Å²) in [6.45, 7) is 4.26. The molecule has 1 unspecified atom stereocenters. The van der Waals surface area contributed by atoms with Gasteiger partial charge < -0.3 is 0 Å². The molecule has 0 amide bonds. The van der Waals surface area contributed by atoms with Crippen LogP contribution in [0.1, 0.15) is 37.6 Å². The molecule has 4 heteroatoms. The first-order chi connectivity index (χ1) is 8.69. The Balaban J connectivity index is 1.93. The standard InChI is InChI=1S/C14H18N2OS/c1-3-11(2)16-6-4-13(15-16)9-14(17)8-12-5-7-18-10-12/h4-7,10-11H,3,8-9H2,1-2H3. The van der Waals surface area contributed by atoms with E-state index in [1.165, 1.54) is 0 Å². The molecule has 2 aromatic heterocycles. The minimum Gasteiger partial charge on any atom is -0.299 e. The van der Waals surface area contributed by atoms with Crippen LogP contribution in [0.2, 0.25) is 0 Å². The molecule has 0 radical (unpaired) electrons. The Bertz CT molecular complexity index is 502. The van der Waals surface area contributed by atoms with Crippen molar-refractivity contribution < 1.29 is 4.79 Å². The largest absolute Gasteiger partial charge is 0.299 e. The summed E-state index contributed by atoms with van der Waals surface area (Å²) in [5.74, 6) is 0.225. The summed E-state index contributed by atoms with van der Waals surface area (Å²) in [6.07, 6.45) is 3.95. The molecular formula is C14H18N2OS. The lowest BCUT2D eigenvalue weighted by Gasteiger charge is -2.07. The predicted molar refractivity (Wildman–Crippen MR) is 74.0 cm³/mol. The molecule has 0 aliphatic rings. The molecule has 0 aliphatic carbocycles. The molecule has 2 rings (SSSR count). The molecule has 18 heavy (non-hydrogen) atoms. The van der Waals surface area contributed by atoms with E-state index >= 15 is 0 Å². The molecule has 0 saturated carbocycles. The van der Waals surface area contributed by atoms with Crippen LogP contribution >= 0.6 is 11.3 Å². The van der Waals surface area contributed by atoms with Gasteiger partial charge in [-0.2, -0.15) is 16.4 Å². The Hall–Kier alpha value is -1.42. The van der Waals surface area contributed by atoms with Crippen LogP contribution in [0.25, 0.3) is 0 Å². The monoisotopic (exact) mass is 262 g/mol. The topological polar surface area (TPSA) is 34.9 Å². The van der Waals surface area contributed by atoms with E-state index in [0.717, 1.165) is 17.7 Å². The second-order valence-electron chi connectivity index (χ2n) is 4.57. The maximum Gasteiger partial charge on any atom is 0.143 e. The number of thiophene rings is 1. The van der Waals surface area contributed by atoms with Crippen molar-refractivity contribution in [3.8, 4) is 0 Å². The SMILES string of the molecule is CCC(C)n1ccc(CC(=O)Cc2ccsc2)n1. The van der Waals surface area contributed by atoms with Crippen molar-refractivity contribution in [2.24, 2.45) is 0 Å². The highest BCUT2D eigenvalue weighted by Crippen LogP contribution is 2.11. The predicted octanol–water partition coefficient (Wildman–Crippen LogP) is 3.27. The summed E-state index contributed by atoms with van der Waals surface area (Å²) >= 11 is 1.63. The summed E-state index contributed by atoms with van der Waals surface area (Å²) in [5, 5.41) is 8.47. The molecule has 2 aromatic rings. The first kappa shape index (κ1) is 13.0. The van der Waals surface area contributed by atoms with E-state index in [-0.39, 0.29) is 5.78 Å². The van der Waals surface area contributed by atoms with Gasteiger partial charge in [0.05, 0.1) is 12.1 Å². The average molecular weight is 262 g/mol. The molecule has 0 aliphatic heterocycles. The molecule has 0 bridgehead atoms. The second kappa shape index (κ2) is 5.96. The van der Waals surface area contributed by atoms with Crippen molar-refractivity contribution in [3.05, 3.63) is 40.3 Å². The molecule has 0 fully saturated rings. The lowest BCUT2D eigenvalue weighted by atomic mass is 10.1. The number of rotatable bonds is 6. The molecular weight excluding hydrogens is 244 g/mol. The van der Waals surface area contributed by atoms with Gasteiger partial charge in [0.25, 0.3) is 0 Å². The molecule has 0 saturated heterocycles. The normalized spacial score (nSPS) is 12.6. The van der Waals surface area contributed by atoms with Gasteiger partial charge in [-0.05, 0) is 41.8 Å². The number of aromatic nitrogens is 2. The van der Waals surface area contributed by atoms with Crippen LogP contribution in [0.15, 0.2) is 29.1 Å². The molecule has 96 valence electrons. The summed E-state index contributed by atoms with van der Waals surface area (Å²) < 4.78 is 1.94. The Labute approximate surface area is 111 Å².